The van der Waals surface area contributed by atoms with Crippen molar-refractivity contribution in [3.63, 3.8) is 0 Å². The average molecular weight is 537 g/mol. The highest BCUT2D eigenvalue weighted by Crippen LogP contribution is 2.31. The van der Waals surface area contributed by atoms with Crippen LogP contribution in [0.15, 0.2) is 36.8 Å². The molecule has 1 aliphatic heterocycles. The monoisotopic (exact) mass is 536 g/mol. The first-order valence-corrected chi connectivity index (χ1v) is 13.1. The first kappa shape index (κ1) is 26.5. The molecule has 0 spiro atoms. The standard InChI is InChI=1S/C28H33FN6O4/c1-6-35-16-21-23(38-19-9-11-33(12-10-19)27(37)39-28(3,4)5)8-7-20(24(21)32-35)26(36)31-18-13-22(29)25-30-17(2)14-34(25)15-18/h7-8,13-16,19H,6,9-12H2,1-5H3,(H,31,36). The van der Waals surface area contributed by atoms with Crippen LogP contribution in [-0.4, -0.2) is 60.9 Å². The molecule has 0 unspecified atom stereocenters. The number of halogens is 1. The minimum absolute atomic E-state index is 0.0927. The van der Waals surface area contributed by atoms with E-state index in [9.17, 15) is 14.0 Å². The van der Waals surface area contributed by atoms with Crippen LogP contribution in [0.4, 0.5) is 14.9 Å². The van der Waals surface area contributed by atoms with Gasteiger partial charge in [0.1, 0.15) is 23.0 Å². The SMILES string of the molecule is CCn1cc2c(OC3CCN(C(=O)OC(C)(C)C)CC3)ccc(C(=O)Nc3cc(F)c4nc(C)cn4c3)c2n1. The van der Waals surface area contributed by atoms with Crippen molar-refractivity contribution in [1.82, 2.24) is 24.1 Å². The number of hydrogen-bond acceptors (Lipinski definition) is 6. The van der Waals surface area contributed by atoms with Crippen molar-refractivity contribution >= 4 is 34.2 Å². The number of carbonyl (C=O) groups is 2. The van der Waals surface area contributed by atoms with Gasteiger partial charge in [-0.1, -0.05) is 0 Å². The zero-order valence-electron chi connectivity index (χ0n) is 22.8. The third-order valence-electron chi connectivity index (χ3n) is 6.52. The lowest BCUT2D eigenvalue weighted by Gasteiger charge is -2.33. The lowest BCUT2D eigenvalue weighted by molar-refractivity contribution is 0.0127. The number of imidazole rings is 1. The Morgan fingerprint density at radius 3 is 2.59 bits per heavy atom. The van der Waals surface area contributed by atoms with Crippen LogP contribution in [0.25, 0.3) is 16.6 Å². The number of ether oxygens (including phenoxy) is 2. The van der Waals surface area contributed by atoms with Crippen LogP contribution in [0.3, 0.4) is 0 Å². The lowest BCUT2D eigenvalue weighted by Crippen LogP contribution is -2.44. The maximum absolute atomic E-state index is 14.5. The maximum Gasteiger partial charge on any atom is 0.410 e. The molecule has 1 N–H and O–H groups in total. The molecule has 0 aliphatic carbocycles. The number of nitrogens with zero attached hydrogens (tertiary/aromatic N) is 5. The molecular weight excluding hydrogens is 503 g/mol. The molecule has 0 radical (unpaired) electrons. The van der Waals surface area contributed by atoms with E-state index in [1.54, 1.807) is 45.4 Å². The summed E-state index contributed by atoms with van der Waals surface area (Å²) in [5.74, 6) is -0.310. The number of piperidine rings is 1. The molecular formula is C28H33FN6O4. The molecule has 4 aromatic rings. The average Bonchev–Trinajstić information content (AvgIpc) is 3.47. The predicted molar refractivity (Wildman–Crippen MR) is 145 cm³/mol. The van der Waals surface area contributed by atoms with Crippen molar-refractivity contribution in [3.05, 3.63) is 53.9 Å². The van der Waals surface area contributed by atoms with Crippen LogP contribution in [-0.2, 0) is 11.3 Å². The van der Waals surface area contributed by atoms with Gasteiger partial charge in [0.2, 0.25) is 0 Å². The topological polar surface area (TPSA) is 103 Å². The number of nitrogens with one attached hydrogen (secondary N) is 1. The number of likely N-dealkylation sites (tertiary alicyclic amines) is 1. The molecule has 3 aromatic heterocycles. The molecule has 0 bridgehead atoms. The predicted octanol–water partition coefficient (Wildman–Crippen LogP) is 5.18. The second-order valence-corrected chi connectivity index (χ2v) is 10.8. The van der Waals surface area contributed by atoms with Gasteiger partial charge in [-0.25, -0.2) is 14.2 Å². The van der Waals surface area contributed by atoms with Crippen LogP contribution >= 0.6 is 0 Å². The van der Waals surface area contributed by atoms with Gasteiger partial charge in [0, 0.05) is 57.1 Å². The smallest absolute Gasteiger partial charge is 0.410 e. The van der Waals surface area contributed by atoms with E-state index >= 15 is 0 Å². The van der Waals surface area contributed by atoms with E-state index in [4.69, 9.17) is 9.47 Å². The Kier molecular flexibility index (Phi) is 6.92. The van der Waals surface area contributed by atoms with Crippen LogP contribution in [0, 0.1) is 12.7 Å². The van der Waals surface area contributed by atoms with Gasteiger partial charge in [-0.05, 0) is 46.8 Å². The molecule has 2 amide bonds. The van der Waals surface area contributed by atoms with Gasteiger partial charge in [-0.15, -0.1) is 0 Å². The van der Waals surface area contributed by atoms with Crippen LogP contribution in [0.1, 0.15) is 56.6 Å². The molecule has 39 heavy (non-hydrogen) atoms. The summed E-state index contributed by atoms with van der Waals surface area (Å²) in [5.41, 5.74) is 1.50. The summed E-state index contributed by atoms with van der Waals surface area (Å²) in [4.78, 5) is 31.5. The zero-order valence-corrected chi connectivity index (χ0v) is 22.8. The zero-order chi connectivity index (χ0) is 27.9. The molecule has 0 saturated carbocycles. The molecule has 206 valence electrons. The number of rotatable bonds is 5. The fourth-order valence-corrected chi connectivity index (χ4v) is 4.68. The molecule has 11 heteroatoms. The van der Waals surface area contributed by atoms with E-state index in [1.165, 1.54) is 6.07 Å². The highest BCUT2D eigenvalue weighted by atomic mass is 19.1. The van der Waals surface area contributed by atoms with Gasteiger partial charge < -0.3 is 24.1 Å². The molecule has 1 fully saturated rings. The minimum atomic E-state index is -0.539. The Balaban J connectivity index is 1.33. The Hall–Kier alpha value is -4.15. The van der Waals surface area contributed by atoms with Crippen LogP contribution < -0.4 is 10.1 Å². The number of aryl methyl sites for hydroxylation is 2. The number of amides is 2. The van der Waals surface area contributed by atoms with Crippen LogP contribution in [0.5, 0.6) is 5.75 Å². The van der Waals surface area contributed by atoms with Crippen molar-refractivity contribution in [2.75, 3.05) is 18.4 Å². The van der Waals surface area contributed by atoms with E-state index in [1.807, 2.05) is 33.9 Å². The first-order chi connectivity index (χ1) is 18.5. The Bertz CT molecular complexity index is 1550. The molecule has 1 aliphatic rings. The van der Waals surface area contributed by atoms with Crippen molar-refractivity contribution < 1.29 is 23.5 Å². The van der Waals surface area contributed by atoms with E-state index in [-0.39, 0.29) is 17.8 Å². The molecule has 5 rings (SSSR count). The fourth-order valence-electron chi connectivity index (χ4n) is 4.68. The fraction of sp³-hybridized carbons (Fsp3) is 0.429. The number of benzene rings is 1. The first-order valence-electron chi connectivity index (χ1n) is 13.1. The summed E-state index contributed by atoms with van der Waals surface area (Å²) in [6.45, 7) is 11.0. The van der Waals surface area contributed by atoms with Gasteiger partial charge in [-0.3, -0.25) is 9.48 Å². The van der Waals surface area contributed by atoms with Crippen LogP contribution in [0.2, 0.25) is 0 Å². The molecule has 0 atom stereocenters. The quantitative estimate of drug-likeness (QED) is 0.377. The largest absolute Gasteiger partial charge is 0.490 e. The van der Waals surface area contributed by atoms with E-state index in [0.29, 0.717) is 66.1 Å². The normalized spacial score (nSPS) is 14.7. The summed E-state index contributed by atoms with van der Waals surface area (Å²) in [6.07, 6.45) is 6.09. The number of hydrogen-bond donors (Lipinski definition) is 1. The van der Waals surface area contributed by atoms with Gasteiger partial charge in [0.05, 0.1) is 22.3 Å². The Morgan fingerprint density at radius 1 is 1.15 bits per heavy atom. The maximum atomic E-state index is 14.5. The lowest BCUT2D eigenvalue weighted by atomic mass is 10.1. The highest BCUT2D eigenvalue weighted by Gasteiger charge is 2.28. The van der Waals surface area contributed by atoms with Crippen molar-refractivity contribution in [1.29, 1.82) is 0 Å². The van der Waals surface area contributed by atoms with Gasteiger partial charge >= 0.3 is 6.09 Å². The summed E-state index contributed by atoms with van der Waals surface area (Å²) in [7, 11) is 0. The molecule has 10 nitrogen and oxygen atoms in total. The number of aromatic nitrogens is 4. The summed E-state index contributed by atoms with van der Waals surface area (Å²) >= 11 is 0. The van der Waals surface area contributed by atoms with E-state index < -0.39 is 17.3 Å². The number of anilines is 1. The highest BCUT2D eigenvalue weighted by molar-refractivity contribution is 6.12. The van der Waals surface area contributed by atoms with Crippen molar-refractivity contribution in [2.24, 2.45) is 0 Å². The molecule has 1 saturated heterocycles. The number of fused-ring (bicyclic) bond motifs is 2. The molecule has 4 heterocycles. The Morgan fingerprint density at radius 2 is 1.90 bits per heavy atom. The second kappa shape index (κ2) is 10.2. The van der Waals surface area contributed by atoms with Gasteiger partial charge in [0.15, 0.2) is 11.5 Å². The Labute approximate surface area is 225 Å². The number of pyridine rings is 1. The third-order valence-corrected chi connectivity index (χ3v) is 6.52. The molecule has 1 aromatic carbocycles. The summed E-state index contributed by atoms with van der Waals surface area (Å²) in [6, 6.07) is 4.69. The summed E-state index contributed by atoms with van der Waals surface area (Å²) in [5, 5.41) is 8.10. The number of carbonyl (C=O) groups excluding carboxylic acids is 2. The minimum Gasteiger partial charge on any atom is -0.490 e. The van der Waals surface area contributed by atoms with E-state index in [0.717, 1.165) is 0 Å². The van der Waals surface area contributed by atoms with Gasteiger partial charge in [-0.2, -0.15) is 5.10 Å². The van der Waals surface area contributed by atoms with Crippen molar-refractivity contribution in [2.45, 2.75) is 65.7 Å². The van der Waals surface area contributed by atoms with Crippen molar-refractivity contribution in [3.8, 4) is 5.75 Å². The second-order valence-electron chi connectivity index (χ2n) is 10.8. The van der Waals surface area contributed by atoms with E-state index in [2.05, 4.69) is 15.4 Å². The third kappa shape index (κ3) is 5.67. The summed E-state index contributed by atoms with van der Waals surface area (Å²) < 4.78 is 29.7. The van der Waals surface area contributed by atoms with Gasteiger partial charge in [0.25, 0.3) is 5.91 Å².